The van der Waals surface area contributed by atoms with Crippen molar-refractivity contribution in [3.8, 4) is 0 Å². The van der Waals surface area contributed by atoms with Crippen molar-refractivity contribution >= 4 is 5.97 Å². The lowest BCUT2D eigenvalue weighted by Crippen LogP contribution is -2.47. The quantitative estimate of drug-likeness (QED) is 0.864. The molecule has 2 N–H and O–H groups in total. The van der Waals surface area contributed by atoms with Gasteiger partial charge in [0.25, 0.3) is 0 Å². The highest BCUT2D eigenvalue weighted by Gasteiger charge is 2.46. The van der Waals surface area contributed by atoms with E-state index in [1.165, 1.54) is 0 Å². The molecule has 0 spiro atoms. The van der Waals surface area contributed by atoms with E-state index in [0.29, 0.717) is 6.42 Å². The lowest BCUT2D eigenvalue weighted by molar-refractivity contribution is -0.148. The van der Waals surface area contributed by atoms with Crippen LogP contribution in [-0.4, -0.2) is 22.3 Å². The fourth-order valence-electron chi connectivity index (χ4n) is 3.07. The van der Waals surface area contributed by atoms with E-state index in [1.807, 2.05) is 30.3 Å². The predicted octanol–water partition coefficient (Wildman–Crippen LogP) is 2.58. The van der Waals surface area contributed by atoms with Gasteiger partial charge in [0.1, 0.15) is 0 Å². The van der Waals surface area contributed by atoms with Crippen LogP contribution < -0.4 is 0 Å². The molecule has 3 nitrogen and oxygen atoms in total. The Morgan fingerprint density at radius 3 is 2.39 bits per heavy atom. The predicted molar refractivity (Wildman–Crippen MR) is 69.4 cm³/mol. The molecule has 0 saturated heterocycles. The molecule has 3 unspecified atom stereocenters. The van der Waals surface area contributed by atoms with Gasteiger partial charge in [0.05, 0.1) is 11.5 Å². The maximum absolute atomic E-state index is 11.8. The van der Waals surface area contributed by atoms with E-state index in [9.17, 15) is 15.0 Å². The number of aliphatic hydroxyl groups excluding tert-OH is 1. The van der Waals surface area contributed by atoms with Gasteiger partial charge in [0, 0.05) is 5.92 Å². The SMILES string of the molecule is CC(C(=O)O)(c1ccccc1)C1CCCCC1O. The minimum absolute atomic E-state index is 0.203. The van der Waals surface area contributed by atoms with Crippen LogP contribution in [0.4, 0.5) is 0 Å². The Balaban J connectivity index is 2.41. The molecule has 1 saturated carbocycles. The summed E-state index contributed by atoms with van der Waals surface area (Å²) in [6.07, 6.45) is 2.96. The van der Waals surface area contributed by atoms with Gasteiger partial charge in [-0.3, -0.25) is 4.79 Å². The van der Waals surface area contributed by atoms with Crippen molar-refractivity contribution in [1.82, 2.24) is 0 Å². The highest BCUT2D eigenvalue weighted by Crippen LogP contribution is 2.41. The summed E-state index contributed by atoms with van der Waals surface area (Å²) in [6.45, 7) is 1.74. The number of carboxylic acid groups (broad SMARTS) is 1. The molecule has 18 heavy (non-hydrogen) atoms. The smallest absolute Gasteiger partial charge is 0.314 e. The van der Waals surface area contributed by atoms with Crippen LogP contribution in [0, 0.1) is 5.92 Å². The van der Waals surface area contributed by atoms with Crippen molar-refractivity contribution in [3.63, 3.8) is 0 Å². The lowest BCUT2D eigenvalue weighted by Gasteiger charge is -2.40. The number of aliphatic carboxylic acids is 1. The molecule has 1 aromatic rings. The van der Waals surface area contributed by atoms with Gasteiger partial charge < -0.3 is 10.2 Å². The van der Waals surface area contributed by atoms with Gasteiger partial charge in [-0.15, -0.1) is 0 Å². The standard InChI is InChI=1S/C15H20O3/c1-15(14(17)18,11-7-3-2-4-8-11)12-9-5-6-10-13(12)16/h2-4,7-8,12-13,16H,5-6,9-10H2,1H3,(H,17,18). The Hall–Kier alpha value is -1.35. The fraction of sp³-hybridized carbons (Fsp3) is 0.533. The summed E-state index contributed by atoms with van der Waals surface area (Å²) in [5.41, 5.74) is -0.218. The maximum Gasteiger partial charge on any atom is 0.314 e. The zero-order valence-electron chi connectivity index (χ0n) is 10.7. The number of hydrogen-bond donors (Lipinski definition) is 2. The third-order valence-corrected chi connectivity index (χ3v) is 4.29. The molecular formula is C15H20O3. The van der Waals surface area contributed by atoms with E-state index >= 15 is 0 Å². The van der Waals surface area contributed by atoms with E-state index in [2.05, 4.69) is 0 Å². The molecule has 0 aromatic heterocycles. The largest absolute Gasteiger partial charge is 0.481 e. The van der Waals surface area contributed by atoms with Crippen LogP contribution in [-0.2, 0) is 10.2 Å². The Morgan fingerprint density at radius 2 is 1.83 bits per heavy atom. The Morgan fingerprint density at radius 1 is 1.22 bits per heavy atom. The fourth-order valence-corrected chi connectivity index (χ4v) is 3.07. The second-order valence-electron chi connectivity index (χ2n) is 5.33. The normalized spacial score (nSPS) is 27.4. The van der Waals surface area contributed by atoms with Crippen molar-refractivity contribution < 1.29 is 15.0 Å². The number of benzene rings is 1. The van der Waals surface area contributed by atoms with E-state index in [0.717, 1.165) is 24.8 Å². The first kappa shape index (κ1) is 13.1. The van der Waals surface area contributed by atoms with Crippen molar-refractivity contribution in [3.05, 3.63) is 35.9 Å². The molecule has 3 heteroatoms. The zero-order chi connectivity index (χ0) is 13.2. The Bertz CT molecular complexity index is 415. The first-order chi connectivity index (χ1) is 8.56. The van der Waals surface area contributed by atoms with Gasteiger partial charge in [-0.2, -0.15) is 0 Å². The molecular weight excluding hydrogens is 228 g/mol. The van der Waals surface area contributed by atoms with Crippen molar-refractivity contribution in [2.45, 2.75) is 44.1 Å². The Labute approximate surface area is 107 Å². The van der Waals surface area contributed by atoms with E-state index in [4.69, 9.17) is 0 Å². The molecule has 0 bridgehead atoms. The molecule has 0 heterocycles. The minimum Gasteiger partial charge on any atom is -0.481 e. The average Bonchev–Trinajstić information content (AvgIpc) is 2.39. The number of carboxylic acids is 1. The number of carbonyl (C=O) groups is 1. The van der Waals surface area contributed by atoms with Crippen LogP contribution in [0.3, 0.4) is 0 Å². The molecule has 0 amide bonds. The van der Waals surface area contributed by atoms with Crippen molar-refractivity contribution in [2.24, 2.45) is 5.92 Å². The van der Waals surface area contributed by atoms with Crippen LogP contribution in [0.1, 0.15) is 38.2 Å². The Kier molecular flexibility index (Phi) is 3.71. The molecule has 3 atom stereocenters. The van der Waals surface area contributed by atoms with Crippen LogP contribution >= 0.6 is 0 Å². The van der Waals surface area contributed by atoms with Gasteiger partial charge in [-0.05, 0) is 25.3 Å². The average molecular weight is 248 g/mol. The number of aliphatic hydroxyl groups is 1. The molecule has 98 valence electrons. The van der Waals surface area contributed by atoms with Crippen LogP contribution in [0.2, 0.25) is 0 Å². The minimum atomic E-state index is -0.999. The maximum atomic E-state index is 11.8. The second-order valence-corrected chi connectivity index (χ2v) is 5.33. The monoisotopic (exact) mass is 248 g/mol. The van der Waals surface area contributed by atoms with E-state index in [-0.39, 0.29) is 5.92 Å². The van der Waals surface area contributed by atoms with Crippen molar-refractivity contribution in [1.29, 1.82) is 0 Å². The highest BCUT2D eigenvalue weighted by atomic mass is 16.4. The summed E-state index contributed by atoms with van der Waals surface area (Å²) in [5.74, 6) is -1.05. The topological polar surface area (TPSA) is 57.5 Å². The molecule has 0 radical (unpaired) electrons. The highest BCUT2D eigenvalue weighted by molar-refractivity contribution is 5.81. The van der Waals surface area contributed by atoms with Crippen LogP contribution in [0.25, 0.3) is 0 Å². The molecule has 2 rings (SSSR count). The van der Waals surface area contributed by atoms with Gasteiger partial charge >= 0.3 is 5.97 Å². The first-order valence-electron chi connectivity index (χ1n) is 6.54. The molecule has 0 aliphatic heterocycles. The summed E-state index contributed by atoms with van der Waals surface area (Å²) in [4.78, 5) is 11.8. The van der Waals surface area contributed by atoms with Gasteiger partial charge in [-0.25, -0.2) is 0 Å². The van der Waals surface area contributed by atoms with E-state index in [1.54, 1.807) is 6.92 Å². The van der Waals surface area contributed by atoms with Crippen molar-refractivity contribution in [2.75, 3.05) is 0 Å². The number of rotatable bonds is 3. The van der Waals surface area contributed by atoms with Crippen LogP contribution in [0.15, 0.2) is 30.3 Å². The summed E-state index contributed by atoms with van der Waals surface area (Å²) >= 11 is 0. The van der Waals surface area contributed by atoms with Gasteiger partial charge in [0.15, 0.2) is 0 Å². The molecule has 1 aliphatic carbocycles. The van der Waals surface area contributed by atoms with E-state index < -0.39 is 17.5 Å². The third-order valence-electron chi connectivity index (χ3n) is 4.29. The lowest BCUT2D eigenvalue weighted by atomic mass is 9.65. The number of hydrogen-bond acceptors (Lipinski definition) is 2. The summed E-state index contributed by atoms with van der Waals surface area (Å²) < 4.78 is 0. The zero-order valence-corrected chi connectivity index (χ0v) is 10.7. The molecule has 1 fully saturated rings. The first-order valence-corrected chi connectivity index (χ1v) is 6.54. The third kappa shape index (κ3) is 2.15. The second kappa shape index (κ2) is 5.11. The summed E-state index contributed by atoms with van der Waals surface area (Å²) in [6, 6.07) is 9.27. The summed E-state index contributed by atoms with van der Waals surface area (Å²) in [5, 5.41) is 19.8. The van der Waals surface area contributed by atoms with Gasteiger partial charge in [0.2, 0.25) is 0 Å². The summed E-state index contributed by atoms with van der Waals surface area (Å²) in [7, 11) is 0. The van der Waals surface area contributed by atoms with Crippen LogP contribution in [0.5, 0.6) is 0 Å². The van der Waals surface area contributed by atoms with Gasteiger partial charge in [-0.1, -0.05) is 43.2 Å². The molecule has 1 aliphatic rings. The molecule has 1 aromatic carbocycles.